The summed E-state index contributed by atoms with van der Waals surface area (Å²) < 4.78 is 12.6. The van der Waals surface area contributed by atoms with Gasteiger partial charge in [-0.15, -0.1) is 0 Å². The quantitative estimate of drug-likeness (QED) is 0.774. The van der Waals surface area contributed by atoms with E-state index in [0.29, 0.717) is 0 Å². The number of benzene rings is 1. The zero-order valence-corrected chi connectivity index (χ0v) is 14.9. The van der Waals surface area contributed by atoms with Crippen molar-refractivity contribution in [2.45, 2.75) is 39.3 Å². The molecule has 0 aromatic heterocycles. The van der Waals surface area contributed by atoms with Crippen LogP contribution in [0.15, 0.2) is 30.3 Å². The molecule has 1 aromatic carbocycles. The van der Waals surface area contributed by atoms with Crippen LogP contribution in [0.4, 0.5) is 0 Å². The lowest BCUT2D eigenvalue weighted by atomic mass is 10.4. The fourth-order valence-corrected chi connectivity index (χ4v) is 8.80. The molecule has 0 aliphatic carbocycles. The van der Waals surface area contributed by atoms with Gasteiger partial charge in [-0.25, -0.2) is 0 Å². The molecular formula is C12H24O2Si3. The normalized spacial score (nSPS) is 13.1. The molecule has 0 heterocycles. The SMILES string of the molecule is C[Si](C)(C)O[SiH](O[Si](C)(C)C)c1ccccc1. The summed E-state index contributed by atoms with van der Waals surface area (Å²) in [4.78, 5) is 0. The van der Waals surface area contributed by atoms with E-state index >= 15 is 0 Å². The van der Waals surface area contributed by atoms with E-state index < -0.39 is 25.9 Å². The van der Waals surface area contributed by atoms with Crippen LogP contribution in [0.2, 0.25) is 39.3 Å². The smallest absolute Gasteiger partial charge is 0.335 e. The van der Waals surface area contributed by atoms with Crippen LogP contribution >= 0.6 is 0 Å². The van der Waals surface area contributed by atoms with Crippen LogP contribution in [0.1, 0.15) is 0 Å². The molecule has 1 rings (SSSR count). The van der Waals surface area contributed by atoms with E-state index in [-0.39, 0.29) is 0 Å². The summed E-state index contributed by atoms with van der Waals surface area (Å²) in [5, 5.41) is 1.26. The lowest BCUT2D eigenvalue weighted by Crippen LogP contribution is -2.49. The number of hydrogen-bond donors (Lipinski definition) is 0. The van der Waals surface area contributed by atoms with Gasteiger partial charge in [0.25, 0.3) is 0 Å². The Morgan fingerprint density at radius 3 is 1.53 bits per heavy atom. The average molecular weight is 285 g/mol. The maximum Gasteiger partial charge on any atom is 0.335 e. The van der Waals surface area contributed by atoms with Gasteiger partial charge < -0.3 is 8.23 Å². The van der Waals surface area contributed by atoms with E-state index in [0.717, 1.165) is 0 Å². The standard InChI is InChI=1S/C12H24O2Si3/c1-16(2,3)13-15(14-17(4,5)6)12-10-8-7-9-11-12/h7-11,15H,1-6H3. The zero-order chi connectivity index (χ0) is 13.1. The first-order valence-electron chi connectivity index (χ1n) is 6.08. The van der Waals surface area contributed by atoms with Crippen molar-refractivity contribution in [2.24, 2.45) is 0 Å². The first kappa shape index (κ1) is 14.9. The highest BCUT2D eigenvalue weighted by molar-refractivity contribution is 6.85. The molecular weight excluding hydrogens is 260 g/mol. The molecule has 1 aromatic rings. The summed E-state index contributed by atoms with van der Waals surface area (Å²) in [7, 11) is -4.81. The lowest BCUT2D eigenvalue weighted by Gasteiger charge is -2.30. The van der Waals surface area contributed by atoms with Gasteiger partial charge in [-0.3, -0.25) is 0 Å². The van der Waals surface area contributed by atoms with Crippen LogP contribution < -0.4 is 5.19 Å². The van der Waals surface area contributed by atoms with Gasteiger partial charge >= 0.3 is 9.28 Å². The van der Waals surface area contributed by atoms with Crippen molar-refractivity contribution in [2.75, 3.05) is 0 Å². The topological polar surface area (TPSA) is 18.5 Å². The maximum absolute atomic E-state index is 6.29. The van der Waals surface area contributed by atoms with Crippen LogP contribution in [0.25, 0.3) is 0 Å². The van der Waals surface area contributed by atoms with Gasteiger partial charge in [0.1, 0.15) is 0 Å². The molecule has 96 valence electrons. The third-order valence-corrected chi connectivity index (χ3v) is 10.3. The second-order valence-electron chi connectivity index (χ2n) is 6.20. The highest BCUT2D eigenvalue weighted by Crippen LogP contribution is 2.11. The zero-order valence-electron chi connectivity index (χ0n) is 11.8. The van der Waals surface area contributed by atoms with E-state index in [4.69, 9.17) is 8.23 Å². The monoisotopic (exact) mass is 284 g/mol. The summed E-state index contributed by atoms with van der Waals surface area (Å²) in [6, 6.07) is 10.4. The van der Waals surface area contributed by atoms with E-state index in [9.17, 15) is 0 Å². The lowest BCUT2D eigenvalue weighted by molar-refractivity contribution is 0.436. The van der Waals surface area contributed by atoms with Crippen LogP contribution in [0.5, 0.6) is 0 Å². The number of hydrogen-bond acceptors (Lipinski definition) is 2. The second-order valence-corrected chi connectivity index (χ2v) is 17.9. The third kappa shape index (κ3) is 6.32. The molecule has 17 heavy (non-hydrogen) atoms. The summed E-state index contributed by atoms with van der Waals surface area (Å²) in [5.41, 5.74) is 0. The molecule has 0 aliphatic rings. The predicted octanol–water partition coefficient (Wildman–Crippen LogP) is 2.82. The van der Waals surface area contributed by atoms with Crippen molar-refractivity contribution < 1.29 is 8.23 Å². The largest absolute Gasteiger partial charge is 0.436 e. The Morgan fingerprint density at radius 2 is 1.18 bits per heavy atom. The molecule has 0 atom stereocenters. The van der Waals surface area contributed by atoms with Crippen molar-refractivity contribution in [3.8, 4) is 0 Å². The Labute approximate surface area is 109 Å². The molecule has 0 bridgehead atoms. The average Bonchev–Trinajstić information content (AvgIpc) is 2.14. The van der Waals surface area contributed by atoms with Crippen LogP contribution in [-0.2, 0) is 8.23 Å². The van der Waals surface area contributed by atoms with Crippen molar-refractivity contribution in [3.05, 3.63) is 30.3 Å². The maximum atomic E-state index is 6.29. The molecule has 0 unspecified atom stereocenters. The van der Waals surface area contributed by atoms with Crippen molar-refractivity contribution in [1.29, 1.82) is 0 Å². The highest BCUT2D eigenvalue weighted by Gasteiger charge is 2.29. The summed E-state index contributed by atoms with van der Waals surface area (Å²) in [5.74, 6) is 0. The summed E-state index contributed by atoms with van der Waals surface area (Å²) >= 11 is 0. The Balaban J connectivity index is 2.87. The molecule has 0 spiro atoms. The van der Waals surface area contributed by atoms with Crippen molar-refractivity contribution in [1.82, 2.24) is 0 Å². The van der Waals surface area contributed by atoms with Gasteiger partial charge in [0.05, 0.1) is 0 Å². The van der Waals surface area contributed by atoms with Crippen LogP contribution in [-0.4, -0.2) is 25.9 Å². The molecule has 0 radical (unpaired) electrons. The molecule has 0 fully saturated rings. The molecule has 0 amide bonds. The van der Waals surface area contributed by atoms with Crippen molar-refractivity contribution in [3.63, 3.8) is 0 Å². The Morgan fingerprint density at radius 1 is 0.765 bits per heavy atom. The summed E-state index contributed by atoms with van der Waals surface area (Å²) in [6.45, 7) is 13.4. The second kappa shape index (κ2) is 5.62. The van der Waals surface area contributed by atoms with Gasteiger partial charge in [-0.05, 0) is 44.5 Å². The van der Waals surface area contributed by atoms with Gasteiger partial charge in [0, 0.05) is 0 Å². The van der Waals surface area contributed by atoms with E-state index in [1.54, 1.807) is 0 Å². The fraction of sp³-hybridized carbons (Fsp3) is 0.500. The number of rotatable bonds is 5. The minimum atomic E-state index is -1.72. The Bertz CT molecular complexity index is 325. The van der Waals surface area contributed by atoms with Gasteiger partial charge in [-0.1, -0.05) is 30.3 Å². The molecule has 0 saturated heterocycles. The first-order chi connectivity index (χ1) is 7.67. The Kier molecular flexibility index (Phi) is 4.91. The van der Waals surface area contributed by atoms with Crippen LogP contribution in [0.3, 0.4) is 0 Å². The highest BCUT2D eigenvalue weighted by atomic mass is 28.4. The van der Waals surface area contributed by atoms with Gasteiger partial charge in [0.2, 0.25) is 0 Å². The van der Waals surface area contributed by atoms with E-state index in [1.807, 2.05) is 6.07 Å². The van der Waals surface area contributed by atoms with Gasteiger partial charge in [-0.2, -0.15) is 0 Å². The molecule has 0 N–H and O–H groups in total. The fourth-order valence-electron chi connectivity index (χ4n) is 1.41. The minimum Gasteiger partial charge on any atom is -0.436 e. The van der Waals surface area contributed by atoms with E-state index in [2.05, 4.69) is 63.5 Å². The molecule has 5 heteroatoms. The third-order valence-electron chi connectivity index (χ3n) is 1.99. The van der Waals surface area contributed by atoms with E-state index in [1.165, 1.54) is 5.19 Å². The summed E-state index contributed by atoms with van der Waals surface area (Å²) in [6.07, 6.45) is 0. The molecule has 0 aliphatic heterocycles. The minimum absolute atomic E-state index is 1.26. The van der Waals surface area contributed by atoms with Gasteiger partial charge in [0.15, 0.2) is 16.6 Å². The predicted molar refractivity (Wildman–Crippen MR) is 82.1 cm³/mol. The molecule has 0 saturated carbocycles. The van der Waals surface area contributed by atoms with Crippen LogP contribution in [0, 0.1) is 0 Å². The Hall–Kier alpha value is -0.209. The molecule has 2 nitrogen and oxygen atoms in total. The van der Waals surface area contributed by atoms with Crippen molar-refractivity contribution >= 4 is 31.1 Å². The first-order valence-corrected chi connectivity index (χ1v) is 14.4.